The standard InChI is InChI=1S/C13H14Cl2N3O3/c1-19-12-8(14)6-9(15)13(20-2)11(12)10-5-7(17-18-16)3-4-21-10/h7,10H,3-5H2,1-2H3/t7-,10?/m0/s1. The molecule has 0 amide bonds. The molecule has 1 aliphatic heterocycles. The number of nitrogens with zero attached hydrogens (tertiary/aromatic N) is 3. The molecule has 113 valence electrons. The Bertz CT molecular complexity index is 548. The molecule has 1 aliphatic rings. The summed E-state index contributed by atoms with van der Waals surface area (Å²) in [7, 11) is 3.00. The number of halogens is 2. The predicted octanol–water partition coefficient (Wildman–Crippen LogP) is 4.34. The Kier molecular flexibility index (Phi) is 5.42. The van der Waals surface area contributed by atoms with Gasteiger partial charge in [0.15, 0.2) is 0 Å². The van der Waals surface area contributed by atoms with E-state index in [-0.39, 0.29) is 22.2 Å². The average molecular weight is 331 g/mol. The summed E-state index contributed by atoms with van der Waals surface area (Å²) in [5, 5.41) is 4.27. The molecule has 0 N–H and O–H groups in total. The van der Waals surface area contributed by atoms with Crippen molar-refractivity contribution in [2.75, 3.05) is 20.8 Å². The van der Waals surface area contributed by atoms with Crippen LogP contribution in [0.2, 0.25) is 10.0 Å². The van der Waals surface area contributed by atoms with E-state index in [9.17, 15) is 0 Å². The summed E-state index contributed by atoms with van der Waals surface area (Å²) in [5.74, 6) is 0.814. The van der Waals surface area contributed by atoms with E-state index in [0.29, 0.717) is 36.5 Å². The lowest BCUT2D eigenvalue weighted by molar-refractivity contribution is 0.00416. The summed E-state index contributed by atoms with van der Waals surface area (Å²) in [6.07, 6.45) is 0.808. The van der Waals surface area contributed by atoms with E-state index in [1.807, 2.05) is 0 Å². The van der Waals surface area contributed by atoms with Crippen molar-refractivity contribution in [3.8, 4) is 11.5 Å². The van der Waals surface area contributed by atoms with E-state index in [1.54, 1.807) is 0 Å². The van der Waals surface area contributed by atoms with Gasteiger partial charge in [-0.3, -0.25) is 0 Å². The van der Waals surface area contributed by atoms with E-state index < -0.39 is 0 Å². The van der Waals surface area contributed by atoms with E-state index in [4.69, 9.17) is 42.9 Å². The van der Waals surface area contributed by atoms with Crippen molar-refractivity contribution < 1.29 is 14.2 Å². The van der Waals surface area contributed by atoms with Gasteiger partial charge in [-0.25, -0.2) is 0 Å². The summed E-state index contributed by atoms with van der Waals surface area (Å²) in [6, 6.07) is 2.62. The van der Waals surface area contributed by atoms with Crippen molar-refractivity contribution in [3.05, 3.63) is 32.1 Å². The van der Waals surface area contributed by atoms with Gasteiger partial charge in [0.05, 0.1) is 35.9 Å². The van der Waals surface area contributed by atoms with Gasteiger partial charge in [0.2, 0.25) is 0 Å². The van der Waals surface area contributed by atoms with Crippen LogP contribution in [0, 0.1) is 6.07 Å². The third-order valence-corrected chi connectivity index (χ3v) is 3.84. The van der Waals surface area contributed by atoms with Gasteiger partial charge in [-0.05, 0) is 18.4 Å². The summed E-state index contributed by atoms with van der Waals surface area (Å²) >= 11 is 12.2. The van der Waals surface area contributed by atoms with Crippen LogP contribution >= 0.6 is 23.2 Å². The molecule has 2 atom stereocenters. The number of rotatable bonds is 4. The summed E-state index contributed by atoms with van der Waals surface area (Å²) in [4.78, 5) is 2.86. The van der Waals surface area contributed by atoms with Crippen LogP contribution in [0.15, 0.2) is 5.11 Å². The first-order valence-corrected chi connectivity index (χ1v) is 7.05. The van der Waals surface area contributed by atoms with Gasteiger partial charge in [-0.1, -0.05) is 28.3 Å². The Morgan fingerprint density at radius 1 is 1.29 bits per heavy atom. The molecule has 1 fully saturated rings. The maximum Gasteiger partial charge on any atom is 0.147 e. The van der Waals surface area contributed by atoms with Gasteiger partial charge >= 0.3 is 0 Å². The minimum Gasteiger partial charge on any atom is -0.495 e. The third-order valence-electron chi connectivity index (χ3n) is 3.31. The summed E-state index contributed by atoms with van der Waals surface area (Å²) < 4.78 is 16.4. The molecule has 2 rings (SSSR count). The molecule has 1 aromatic carbocycles. The second kappa shape index (κ2) is 7.09. The highest BCUT2D eigenvalue weighted by Gasteiger charge is 2.31. The fraction of sp³-hybridized carbons (Fsp3) is 0.538. The van der Waals surface area contributed by atoms with Crippen LogP contribution in [0.25, 0.3) is 10.4 Å². The zero-order chi connectivity index (χ0) is 15.4. The fourth-order valence-corrected chi connectivity index (χ4v) is 2.99. The SMILES string of the molecule is COc1c(Cl)[c]c(Cl)c(OC)c1C1C[C@@H](N=[N+]=[N-])CCO1. The minimum atomic E-state index is -0.372. The summed E-state index contributed by atoms with van der Waals surface area (Å²) in [6.45, 7) is 0.467. The van der Waals surface area contributed by atoms with Crippen molar-refractivity contribution in [1.29, 1.82) is 0 Å². The van der Waals surface area contributed by atoms with Crippen molar-refractivity contribution in [2.45, 2.75) is 25.0 Å². The molecule has 21 heavy (non-hydrogen) atoms. The van der Waals surface area contributed by atoms with Gasteiger partial charge in [0, 0.05) is 23.6 Å². The molecule has 1 unspecified atom stereocenters. The fourth-order valence-electron chi connectivity index (χ4n) is 2.40. The van der Waals surface area contributed by atoms with Gasteiger partial charge < -0.3 is 14.2 Å². The topological polar surface area (TPSA) is 76.5 Å². The molecule has 0 aromatic heterocycles. The van der Waals surface area contributed by atoms with Crippen LogP contribution < -0.4 is 9.47 Å². The lowest BCUT2D eigenvalue weighted by atomic mass is 9.96. The normalized spacial score (nSPS) is 21.5. The highest BCUT2D eigenvalue weighted by Crippen LogP contribution is 2.47. The second-order valence-corrected chi connectivity index (χ2v) is 5.23. The molecule has 1 radical (unpaired) electrons. The first-order chi connectivity index (χ1) is 10.1. The van der Waals surface area contributed by atoms with E-state index in [0.717, 1.165) is 0 Å². The molecule has 1 aromatic rings. The molecule has 0 bridgehead atoms. The van der Waals surface area contributed by atoms with E-state index in [1.165, 1.54) is 14.2 Å². The molecule has 0 saturated carbocycles. The molecule has 0 aliphatic carbocycles. The predicted molar refractivity (Wildman–Crippen MR) is 79.3 cm³/mol. The van der Waals surface area contributed by atoms with Gasteiger partial charge in [-0.2, -0.15) is 0 Å². The number of ether oxygens (including phenoxy) is 3. The molecular formula is C13H14Cl2N3O3. The number of benzene rings is 1. The van der Waals surface area contributed by atoms with Crippen LogP contribution in [0.4, 0.5) is 0 Å². The minimum absolute atomic E-state index is 0.148. The van der Waals surface area contributed by atoms with Crippen molar-refractivity contribution in [1.82, 2.24) is 0 Å². The lowest BCUT2D eigenvalue weighted by Gasteiger charge is -2.29. The first-order valence-electron chi connectivity index (χ1n) is 6.30. The number of hydrogen-bond donors (Lipinski definition) is 0. The number of methoxy groups -OCH3 is 2. The van der Waals surface area contributed by atoms with Gasteiger partial charge in [0.25, 0.3) is 0 Å². The highest BCUT2D eigenvalue weighted by atomic mass is 35.5. The van der Waals surface area contributed by atoms with Gasteiger partial charge in [0.1, 0.15) is 11.5 Å². The first kappa shape index (κ1) is 16.0. The molecular weight excluding hydrogens is 317 g/mol. The van der Waals surface area contributed by atoms with E-state index >= 15 is 0 Å². The lowest BCUT2D eigenvalue weighted by Crippen LogP contribution is -2.23. The Morgan fingerprint density at radius 3 is 2.43 bits per heavy atom. The van der Waals surface area contributed by atoms with Crippen molar-refractivity contribution in [3.63, 3.8) is 0 Å². The average Bonchev–Trinajstić information content (AvgIpc) is 2.47. The monoisotopic (exact) mass is 330 g/mol. The molecule has 1 saturated heterocycles. The third kappa shape index (κ3) is 3.30. The van der Waals surface area contributed by atoms with Crippen LogP contribution in [-0.4, -0.2) is 26.9 Å². The zero-order valence-corrected chi connectivity index (χ0v) is 13.1. The number of hydrogen-bond acceptors (Lipinski definition) is 4. The largest absolute Gasteiger partial charge is 0.495 e. The Hall–Kier alpha value is -1.33. The maximum absolute atomic E-state index is 8.59. The molecule has 8 heteroatoms. The van der Waals surface area contributed by atoms with Crippen molar-refractivity contribution in [2.24, 2.45) is 5.11 Å². The molecule has 1 heterocycles. The number of azide groups is 1. The quantitative estimate of drug-likeness (QED) is 0.468. The van der Waals surface area contributed by atoms with Crippen LogP contribution in [-0.2, 0) is 4.74 Å². The van der Waals surface area contributed by atoms with Crippen LogP contribution in [0.3, 0.4) is 0 Å². The molecule has 0 spiro atoms. The van der Waals surface area contributed by atoms with Crippen LogP contribution in [0.5, 0.6) is 11.5 Å². The Balaban J connectivity index is 2.48. The Labute approximate surface area is 132 Å². The Morgan fingerprint density at radius 2 is 1.90 bits per heavy atom. The maximum atomic E-state index is 8.59. The smallest absolute Gasteiger partial charge is 0.147 e. The van der Waals surface area contributed by atoms with Crippen molar-refractivity contribution >= 4 is 23.2 Å². The highest BCUT2D eigenvalue weighted by molar-refractivity contribution is 6.36. The van der Waals surface area contributed by atoms with Crippen LogP contribution in [0.1, 0.15) is 24.5 Å². The van der Waals surface area contributed by atoms with E-state index in [2.05, 4.69) is 16.1 Å². The van der Waals surface area contributed by atoms with Gasteiger partial charge in [-0.15, -0.1) is 0 Å². The zero-order valence-electron chi connectivity index (χ0n) is 11.6. The second-order valence-electron chi connectivity index (χ2n) is 4.48. The molecule has 6 nitrogen and oxygen atoms in total. The summed E-state index contributed by atoms with van der Waals surface area (Å²) in [5.41, 5.74) is 9.20.